The number of amides is 1. The molecule has 1 aromatic rings. The van der Waals surface area contributed by atoms with E-state index < -0.39 is 5.60 Å². The second kappa shape index (κ2) is 4.90. The summed E-state index contributed by atoms with van der Waals surface area (Å²) in [6.07, 6.45) is 1.21. The van der Waals surface area contributed by atoms with Gasteiger partial charge < -0.3 is 15.7 Å². The zero-order valence-electron chi connectivity index (χ0n) is 10.3. The first-order valence-corrected chi connectivity index (χ1v) is 6.75. The Labute approximate surface area is 115 Å². The van der Waals surface area contributed by atoms with Crippen molar-refractivity contribution in [2.75, 3.05) is 18.8 Å². The van der Waals surface area contributed by atoms with Crippen molar-refractivity contribution in [3.8, 4) is 0 Å². The Morgan fingerprint density at radius 3 is 2.61 bits per heavy atom. The molecule has 4 nitrogen and oxygen atoms in total. The van der Waals surface area contributed by atoms with Crippen LogP contribution in [0.2, 0.25) is 0 Å². The van der Waals surface area contributed by atoms with E-state index in [1.165, 1.54) is 0 Å². The van der Waals surface area contributed by atoms with E-state index in [9.17, 15) is 9.90 Å². The van der Waals surface area contributed by atoms with Crippen molar-refractivity contribution in [3.63, 3.8) is 0 Å². The second-order valence-corrected chi connectivity index (χ2v) is 5.94. The van der Waals surface area contributed by atoms with E-state index in [0.717, 1.165) is 4.47 Å². The lowest BCUT2D eigenvalue weighted by molar-refractivity contribution is -0.00198. The number of piperidine rings is 1. The number of hydrogen-bond acceptors (Lipinski definition) is 3. The number of nitrogens with two attached hydrogens (primary N) is 1. The topological polar surface area (TPSA) is 66.6 Å². The fourth-order valence-electron chi connectivity index (χ4n) is 2.09. The van der Waals surface area contributed by atoms with Gasteiger partial charge in [0, 0.05) is 23.2 Å². The Morgan fingerprint density at radius 1 is 1.44 bits per heavy atom. The van der Waals surface area contributed by atoms with E-state index in [2.05, 4.69) is 15.9 Å². The first kappa shape index (κ1) is 13.4. The Hall–Kier alpha value is -1.07. The molecular weight excluding hydrogens is 296 g/mol. The van der Waals surface area contributed by atoms with Gasteiger partial charge in [-0.3, -0.25) is 4.79 Å². The van der Waals surface area contributed by atoms with Crippen molar-refractivity contribution in [1.82, 2.24) is 4.90 Å². The molecule has 1 fully saturated rings. The highest BCUT2D eigenvalue weighted by molar-refractivity contribution is 9.10. The highest BCUT2D eigenvalue weighted by Crippen LogP contribution is 2.25. The summed E-state index contributed by atoms with van der Waals surface area (Å²) in [4.78, 5) is 14.0. The normalized spacial score (nSPS) is 18.7. The summed E-state index contributed by atoms with van der Waals surface area (Å²) in [6.45, 7) is 2.95. The van der Waals surface area contributed by atoms with Gasteiger partial charge in [-0.15, -0.1) is 0 Å². The van der Waals surface area contributed by atoms with Crippen molar-refractivity contribution in [2.45, 2.75) is 25.4 Å². The average molecular weight is 313 g/mol. The maximum absolute atomic E-state index is 12.3. The minimum Gasteiger partial charge on any atom is -0.398 e. The van der Waals surface area contributed by atoms with Crippen LogP contribution in [0.4, 0.5) is 5.69 Å². The van der Waals surface area contributed by atoms with E-state index in [1.807, 2.05) is 13.0 Å². The Morgan fingerprint density at radius 2 is 2.06 bits per heavy atom. The van der Waals surface area contributed by atoms with Crippen molar-refractivity contribution in [3.05, 3.63) is 28.2 Å². The van der Waals surface area contributed by atoms with E-state index in [0.29, 0.717) is 37.2 Å². The van der Waals surface area contributed by atoms with Crippen LogP contribution >= 0.6 is 15.9 Å². The van der Waals surface area contributed by atoms with Crippen LogP contribution in [0.25, 0.3) is 0 Å². The zero-order valence-corrected chi connectivity index (χ0v) is 11.9. The van der Waals surface area contributed by atoms with Crippen molar-refractivity contribution in [2.24, 2.45) is 0 Å². The molecule has 98 valence electrons. The number of halogens is 1. The van der Waals surface area contributed by atoms with E-state index in [-0.39, 0.29) is 5.91 Å². The first-order valence-electron chi connectivity index (χ1n) is 5.96. The predicted octanol–water partition coefficient (Wildman–Crippen LogP) is 2.02. The molecule has 0 aliphatic carbocycles. The van der Waals surface area contributed by atoms with Gasteiger partial charge in [0.15, 0.2) is 0 Å². The minimum atomic E-state index is -0.651. The molecule has 0 aromatic heterocycles. The number of anilines is 1. The van der Waals surface area contributed by atoms with Gasteiger partial charge in [-0.2, -0.15) is 0 Å². The molecule has 1 aromatic carbocycles. The fraction of sp³-hybridized carbons (Fsp3) is 0.462. The van der Waals surface area contributed by atoms with Crippen LogP contribution in [0.15, 0.2) is 22.7 Å². The molecule has 0 spiro atoms. The minimum absolute atomic E-state index is 0.0597. The number of likely N-dealkylation sites (tertiary alicyclic amines) is 1. The summed E-state index contributed by atoms with van der Waals surface area (Å²) in [6, 6.07) is 5.27. The van der Waals surface area contributed by atoms with Crippen LogP contribution in [0.1, 0.15) is 30.1 Å². The van der Waals surface area contributed by atoms with Gasteiger partial charge >= 0.3 is 0 Å². The van der Waals surface area contributed by atoms with Gasteiger partial charge in [-0.25, -0.2) is 0 Å². The van der Waals surface area contributed by atoms with Gasteiger partial charge in [0.2, 0.25) is 0 Å². The molecule has 3 N–H and O–H groups in total. The van der Waals surface area contributed by atoms with Crippen LogP contribution in [-0.4, -0.2) is 34.6 Å². The van der Waals surface area contributed by atoms with Gasteiger partial charge in [0.25, 0.3) is 5.91 Å². The molecule has 0 saturated carbocycles. The zero-order chi connectivity index (χ0) is 13.3. The first-order chi connectivity index (χ1) is 8.39. The quantitative estimate of drug-likeness (QED) is 0.780. The van der Waals surface area contributed by atoms with Crippen molar-refractivity contribution in [1.29, 1.82) is 0 Å². The summed E-state index contributed by atoms with van der Waals surface area (Å²) in [5, 5.41) is 9.87. The molecule has 0 atom stereocenters. The molecule has 0 radical (unpaired) electrons. The molecule has 1 aliphatic heterocycles. The van der Waals surface area contributed by atoms with E-state index >= 15 is 0 Å². The number of carbonyl (C=O) groups is 1. The summed E-state index contributed by atoms with van der Waals surface area (Å²) in [7, 11) is 0. The van der Waals surface area contributed by atoms with Crippen LogP contribution < -0.4 is 5.73 Å². The highest BCUT2D eigenvalue weighted by atomic mass is 79.9. The SMILES string of the molecule is CC1(O)CCN(C(=O)c2ccc(Br)cc2N)CC1. The third-order valence-electron chi connectivity index (χ3n) is 3.37. The lowest BCUT2D eigenvalue weighted by Crippen LogP contribution is -2.45. The summed E-state index contributed by atoms with van der Waals surface area (Å²) >= 11 is 3.32. The summed E-state index contributed by atoms with van der Waals surface area (Å²) in [5.74, 6) is -0.0597. The third-order valence-corrected chi connectivity index (χ3v) is 3.87. The van der Waals surface area contributed by atoms with Gasteiger partial charge in [-0.1, -0.05) is 15.9 Å². The standard InChI is InChI=1S/C13H17BrN2O2/c1-13(18)4-6-16(7-5-13)12(17)10-3-2-9(14)8-11(10)15/h2-3,8,18H,4-7,15H2,1H3. The van der Waals surface area contributed by atoms with Crippen LogP contribution in [0, 0.1) is 0 Å². The Kier molecular flexibility index (Phi) is 3.64. The van der Waals surface area contributed by atoms with Crippen molar-refractivity contribution >= 4 is 27.5 Å². The molecular formula is C13H17BrN2O2. The number of rotatable bonds is 1. The summed E-state index contributed by atoms with van der Waals surface area (Å²) in [5.41, 5.74) is 6.21. The molecule has 1 saturated heterocycles. The van der Waals surface area contributed by atoms with Crippen LogP contribution in [-0.2, 0) is 0 Å². The number of nitrogens with zero attached hydrogens (tertiary/aromatic N) is 1. The third kappa shape index (κ3) is 2.84. The lowest BCUT2D eigenvalue weighted by atomic mass is 9.93. The number of nitrogen functional groups attached to an aromatic ring is 1. The Balaban J connectivity index is 2.13. The van der Waals surface area contributed by atoms with Crippen LogP contribution in [0.5, 0.6) is 0 Å². The lowest BCUT2D eigenvalue weighted by Gasteiger charge is -2.36. The van der Waals surface area contributed by atoms with E-state index in [1.54, 1.807) is 17.0 Å². The second-order valence-electron chi connectivity index (χ2n) is 5.02. The smallest absolute Gasteiger partial charge is 0.255 e. The number of benzene rings is 1. The average Bonchev–Trinajstić information content (AvgIpc) is 2.28. The van der Waals surface area contributed by atoms with E-state index in [4.69, 9.17) is 5.73 Å². The number of aliphatic hydroxyl groups is 1. The van der Waals surface area contributed by atoms with Gasteiger partial charge in [-0.05, 0) is 38.0 Å². The van der Waals surface area contributed by atoms with Gasteiger partial charge in [0.05, 0.1) is 11.2 Å². The molecule has 18 heavy (non-hydrogen) atoms. The molecule has 5 heteroatoms. The molecule has 2 rings (SSSR count). The fourth-order valence-corrected chi connectivity index (χ4v) is 2.47. The van der Waals surface area contributed by atoms with Gasteiger partial charge in [0.1, 0.15) is 0 Å². The maximum atomic E-state index is 12.3. The Bertz CT molecular complexity index is 464. The maximum Gasteiger partial charge on any atom is 0.255 e. The molecule has 1 aliphatic rings. The van der Waals surface area contributed by atoms with Crippen LogP contribution in [0.3, 0.4) is 0 Å². The van der Waals surface area contributed by atoms with Crippen molar-refractivity contribution < 1.29 is 9.90 Å². The highest BCUT2D eigenvalue weighted by Gasteiger charge is 2.30. The number of hydrogen-bond donors (Lipinski definition) is 2. The molecule has 1 amide bonds. The molecule has 0 bridgehead atoms. The predicted molar refractivity (Wildman–Crippen MR) is 74.3 cm³/mol. The summed E-state index contributed by atoms with van der Waals surface area (Å²) < 4.78 is 0.859. The number of carbonyl (C=O) groups excluding carboxylic acids is 1. The molecule has 1 heterocycles. The monoisotopic (exact) mass is 312 g/mol. The molecule has 0 unspecified atom stereocenters. The largest absolute Gasteiger partial charge is 0.398 e.